The van der Waals surface area contributed by atoms with Crippen LogP contribution in [0.4, 0.5) is 0 Å². The number of hydrogen-bond acceptors (Lipinski definition) is 3. The largest absolute Gasteiger partial charge is 0.472 e. The lowest BCUT2D eigenvalue weighted by Gasteiger charge is -2.08. The van der Waals surface area contributed by atoms with E-state index in [-0.39, 0.29) is 0 Å². The van der Waals surface area contributed by atoms with Crippen molar-refractivity contribution in [3.05, 3.63) is 47.2 Å². The molecule has 0 atom stereocenters. The van der Waals surface area contributed by atoms with E-state index >= 15 is 0 Å². The summed E-state index contributed by atoms with van der Waals surface area (Å²) >= 11 is 0. The van der Waals surface area contributed by atoms with Crippen molar-refractivity contribution in [2.24, 2.45) is 5.92 Å². The summed E-state index contributed by atoms with van der Waals surface area (Å²) in [6.07, 6.45) is 1.06. The number of hydrogen-bond donors (Lipinski definition) is 2. The first-order valence-corrected chi connectivity index (χ1v) is 7.57. The van der Waals surface area contributed by atoms with Gasteiger partial charge in [-0.05, 0) is 43.5 Å². The summed E-state index contributed by atoms with van der Waals surface area (Å²) in [5.74, 6) is 1.35. The highest BCUT2D eigenvalue weighted by atomic mass is 16.5. The van der Waals surface area contributed by atoms with Gasteiger partial charge in [0.1, 0.15) is 6.61 Å². The van der Waals surface area contributed by atoms with Gasteiger partial charge in [-0.15, -0.1) is 5.10 Å². The number of benzene rings is 1. The topological polar surface area (TPSA) is 49.9 Å². The Hall–Kier alpha value is -1.81. The minimum atomic E-state index is 0.552. The van der Waals surface area contributed by atoms with Crippen molar-refractivity contribution in [2.75, 3.05) is 13.1 Å². The van der Waals surface area contributed by atoms with Crippen LogP contribution in [-0.2, 0) is 13.0 Å². The third-order valence-electron chi connectivity index (χ3n) is 3.24. The molecule has 0 aliphatic heterocycles. The zero-order chi connectivity index (χ0) is 15.1. The molecule has 0 aliphatic rings. The zero-order valence-electron chi connectivity index (χ0n) is 13.1. The third kappa shape index (κ3) is 5.60. The van der Waals surface area contributed by atoms with Crippen molar-refractivity contribution in [3.63, 3.8) is 0 Å². The summed E-state index contributed by atoms with van der Waals surface area (Å²) in [5, 5.41) is 10.4. The highest BCUT2D eigenvalue weighted by Crippen LogP contribution is 2.11. The zero-order valence-corrected chi connectivity index (χ0v) is 13.1. The predicted molar refractivity (Wildman–Crippen MR) is 85.5 cm³/mol. The molecule has 0 fully saturated rings. The number of rotatable bonds is 8. The Kier molecular flexibility index (Phi) is 5.81. The number of nitrogens with zero attached hydrogens (tertiary/aromatic N) is 1. The molecule has 4 nitrogen and oxygen atoms in total. The summed E-state index contributed by atoms with van der Waals surface area (Å²) in [6.45, 7) is 9.07. The summed E-state index contributed by atoms with van der Waals surface area (Å²) in [6, 6.07) is 10.5. The number of aromatic nitrogens is 2. The molecule has 2 aromatic rings. The summed E-state index contributed by atoms with van der Waals surface area (Å²) in [5.41, 5.74) is 3.52. The van der Waals surface area contributed by atoms with Crippen molar-refractivity contribution in [2.45, 2.75) is 33.8 Å². The second-order valence-corrected chi connectivity index (χ2v) is 5.84. The Morgan fingerprint density at radius 2 is 1.90 bits per heavy atom. The van der Waals surface area contributed by atoms with E-state index in [0.29, 0.717) is 18.4 Å². The Bertz CT molecular complexity index is 531. The van der Waals surface area contributed by atoms with E-state index in [1.807, 2.05) is 13.0 Å². The highest BCUT2D eigenvalue weighted by molar-refractivity contribution is 5.23. The normalized spacial score (nSPS) is 11.0. The van der Waals surface area contributed by atoms with Crippen LogP contribution in [0.2, 0.25) is 0 Å². The maximum Gasteiger partial charge on any atom is 0.233 e. The van der Waals surface area contributed by atoms with Crippen LogP contribution in [0.5, 0.6) is 5.88 Å². The van der Waals surface area contributed by atoms with Crippen LogP contribution in [0.3, 0.4) is 0 Å². The monoisotopic (exact) mass is 287 g/mol. The molecule has 0 amide bonds. The molecule has 2 N–H and O–H groups in total. The Labute approximate surface area is 126 Å². The van der Waals surface area contributed by atoms with E-state index in [4.69, 9.17) is 4.74 Å². The molecule has 0 saturated heterocycles. The van der Waals surface area contributed by atoms with E-state index in [9.17, 15) is 0 Å². The van der Waals surface area contributed by atoms with Crippen molar-refractivity contribution in [3.8, 4) is 5.88 Å². The molecule has 1 heterocycles. The van der Waals surface area contributed by atoms with Crippen molar-refractivity contribution in [1.29, 1.82) is 0 Å². The smallest absolute Gasteiger partial charge is 0.233 e. The molecular formula is C17H25N3O. The number of H-pyrrole nitrogens is 1. The molecule has 21 heavy (non-hydrogen) atoms. The maximum absolute atomic E-state index is 5.62. The van der Waals surface area contributed by atoms with Gasteiger partial charge < -0.3 is 10.1 Å². The SMILES string of the molecule is Cc1cc(OCc2ccc(CCNCC(C)C)cc2)n[nH]1. The quantitative estimate of drug-likeness (QED) is 0.734. The summed E-state index contributed by atoms with van der Waals surface area (Å²) < 4.78 is 5.62. The first kappa shape index (κ1) is 15.6. The lowest BCUT2D eigenvalue weighted by Crippen LogP contribution is -2.22. The average Bonchev–Trinajstić information content (AvgIpc) is 2.88. The van der Waals surface area contributed by atoms with Gasteiger partial charge in [0.25, 0.3) is 0 Å². The molecular weight excluding hydrogens is 262 g/mol. The number of nitrogens with one attached hydrogen (secondary N) is 2. The fourth-order valence-electron chi connectivity index (χ4n) is 2.05. The molecule has 0 radical (unpaired) electrons. The highest BCUT2D eigenvalue weighted by Gasteiger charge is 2.00. The van der Waals surface area contributed by atoms with Gasteiger partial charge >= 0.3 is 0 Å². The van der Waals surface area contributed by atoms with Gasteiger partial charge in [0.05, 0.1) is 0 Å². The second kappa shape index (κ2) is 7.84. The minimum Gasteiger partial charge on any atom is -0.472 e. The molecule has 0 saturated carbocycles. The van der Waals surface area contributed by atoms with E-state index in [2.05, 4.69) is 53.6 Å². The predicted octanol–water partition coefficient (Wildman–Crippen LogP) is 3.09. The molecule has 1 aromatic carbocycles. The number of ether oxygens (including phenoxy) is 1. The lowest BCUT2D eigenvalue weighted by atomic mass is 10.1. The van der Waals surface area contributed by atoms with Gasteiger partial charge in [0.15, 0.2) is 0 Å². The van der Waals surface area contributed by atoms with E-state index in [1.54, 1.807) is 0 Å². The standard InChI is InChI=1S/C17H25N3O/c1-13(2)11-18-9-8-15-4-6-16(7-5-15)12-21-17-10-14(3)19-20-17/h4-7,10,13,18H,8-9,11-12H2,1-3H3,(H,19,20). The van der Waals surface area contributed by atoms with Crippen LogP contribution in [-0.4, -0.2) is 23.3 Å². The van der Waals surface area contributed by atoms with E-state index in [1.165, 1.54) is 5.56 Å². The molecule has 1 aromatic heterocycles. The Morgan fingerprint density at radius 1 is 1.19 bits per heavy atom. The first-order valence-electron chi connectivity index (χ1n) is 7.57. The van der Waals surface area contributed by atoms with Crippen LogP contribution >= 0.6 is 0 Å². The Balaban J connectivity index is 1.73. The van der Waals surface area contributed by atoms with Gasteiger partial charge in [-0.3, -0.25) is 5.10 Å². The van der Waals surface area contributed by atoms with Crippen molar-refractivity contribution in [1.82, 2.24) is 15.5 Å². The molecule has 0 aliphatic carbocycles. The molecule has 114 valence electrons. The first-order chi connectivity index (χ1) is 10.1. The van der Waals surface area contributed by atoms with Gasteiger partial charge in [0.2, 0.25) is 5.88 Å². The van der Waals surface area contributed by atoms with Gasteiger partial charge in [-0.25, -0.2) is 0 Å². The van der Waals surface area contributed by atoms with Gasteiger partial charge in [0, 0.05) is 11.8 Å². The van der Waals surface area contributed by atoms with Crippen LogP contribution in [0, 0.1) is 12.8 Å². The van der Waals surface area contributed by atoms with E-state index < -0.39 is 0 Å². The maximum atomic E-state index is 5.62. The number of aryl methyl sites for hydroxylation is 1. The Morgan fingerprint density at radius 3 is 2.52 bits per heavy atom. The third-order valence-corrected chi connectivity index (χ3v) is 3.24. The van der Waals surface area contributed by atoms with Gasteiger partial charge in [-0.1, -0.05) is 38.1 Å². The number of aromatic amines is 1. The van der Waals surface area contributed by atoms with E-state index in [0.717, 1.165) is 30.8 Å². The van der Waals surface area contributed by atoms with Crippen LogP contribution in [0.1, 0.15) is 30.7 Å². The van der Waals surface area contributed by atoms with Crippen LogP contribution in [0.25, 0.3) is 0 Å². The van der Waals surface area contributed by atoms with Crippen molar-refractivity contribution < 1.29 is 4.74 Å². The lowest BCUT2D eigenvalue weighted by molar-refractivity contribution is 0.293. The fourth-order valence-corrected chi connectivity index (χ4v) is 2.05. The molecule has 4 heteroatoms. The average molecular weight is 287 g/mol. The van der Waals surface area contributed by atoms with Crippen LogP contribution < -0.4 is 10.1 Å². The molecule has 0 bridgehead atoms. The van der Waals surface area contributed by atoms with Crippen molar-refractivity contribution >= 4 is 0 Å². The van der Waals surface area contributed by atoms with Gasteiger partial charge in [-0.2, -0.15) is 0 Å². The summed E-state index contributed by atoms with van der Waals surface area (Å²) in [4.78, 5) is 0. The second-order valence-electron chi connectivity index (χ2n) is 5.84. The fraction of sp³-hybridized carbons (Fsp3) is 0.471. The molecule has 2 rings (SSSR count). The molecule has 0 unspecified atom stereocenters. The van der Waals surface area contributed by atoms with Crippen LogP contribution in [0.15, 0.2) is 30.3 Å². The minimum absolute atomic E-state index is 0.552. The summed E-state index contributed by atoms with van der Waals surface area (Å²) in [7, 11) is 0. The molecule has 0 spiro atoms.